The third kappa shape index (κ3) is 2.76. The highest BCUT2D eigenvalue weighted by atomic mass is 35.5. The van der Waals surface area contributed by atoms with E-state index in [0.29, 0.717) is 5.02 Å². The van der Waals surface area contributed by atoms with Crippen LogP contribution in [0, 0.1) is 0 Å². The topological polar surface area (TPSA) is 38.3 Å². The number of hydrogen-bond acceptors (Lipinski definition) is 3. The molecule has 0 saturated heterocycles. The van der Waals surface area contributed by atoms with Crippen molar-refractivity contribution >= 4 is 17.4 Å². The van der Waals surface area contributed by atoms with Crippen LogP contribution in [-0.2, 0) is 15.1 Å². The standard InChI is InChI=1S/C16H22ClNO2/c1-11(2)20-14-9-6-10-16(18-3,15(14)19)12-7-4-5-8-13(12)17/h4-5,7-8,11,14,18H,6,9-10H2,1-3H3/t14-,16-/m0/s1. The van der Waals surface area contributed by atoms with Crippen molar-refractivity contribution in [1.82, 2.24) is 5.32 Å². The van der Waals surface area contributed by atoms with Crippen molar-refractivity contribution < 1.29 is 9.53 Å². The first-order chi connectivity index (χ1) is 9.51. The molecule has 0 aliphatic heterocycles. The molecule has 1 fully saturated rings. The van der Waals surface area contributed by atoms with E-state index < -0.39 is 5.54 Å². The first-order valence-corrected chi connectivity index (χ1v) is 7.53. The van der Waals surface area contributed by atoms with Gasteiger partial charge in [0.05, 0.1) is 6.10 Å². The summed E-state index contributed by atoms with van der Waals surface area (Å²) in [6.07, 6.45) is 2.17. The van der Waals surface area contributed by atoms with Gasteiger partial charge in [-0.15, -0.1) is 0 Å². The van der Waals surface area contributed by atoms with Crippen molar-refractivity contribution in [1.29, 1.82) is 0 Å². The molecule has 0 aromatic heterocycles. The number of ether oxygens (including phenoxy) is 1. The Kier molecular flexibility index (Phi) is 4.84. The molecule has 1 aromatic rings. The maximum Gasteiger partial charge on any atom is 0.186 e. The van der Waals surface area contributed by atoms with Crippen molar-refractivity contribution in [2.24, 2.45) is 0 Å². The lowest BCUT2D eigenvalue weighted by Gasteiger charge is -2.40. The van der Waals surface area contributed by atoms with E-state index in [0.717, 1.165) is 24.8 Å². The van der Waals surface area contributed by atoms with E-state index in [9.17, 15) is 4.79 Å². The fraction of sp³-hybridized carbons (Fsp3) is 0.562. The SMILES string of the molecule is CN[C@]1(c2ccccc2Cl)CCC[C@H](OC(C)C)C1=O. The van der Waals surface area contributed by atoms with Crippen molar-refractivity contribution in [3.05, 3.63) is 34.9 Å². The number of likely N-dealkylation sites (N-methyl/N-ethyl adjacent to an activating group) is 1. The maximum atomic E-state index is 12.9. The minimum absolute atomic E-state index is 0.0443. The van der Waals surface area contributed by atoms with Gasteiger partial charge in [0.1, 0.15) is 11.6 Å². The van der Waals surface area contributed by atoms with Gasteiger partial charge in [-0.2, -0.15) is 0 Å². The Morgan fingerprint density at radius 2 is 2.10 bits per heavy atom. The molecule has 0 heterocycles. The molecular formula is C16H22ClNO2. The number of carbonyl (C=O) groups is 1. The summed E-state index contributed by atoms with van der Waals surface area (Å²) in [7, 11) is 1.82. The lowest BCUT2D eigenvalue weighted by atomic mass is 9.74. The van der Waals surface area contributed by atoms with Gasteiger partial charge >= 0.3 is 0 Å². The van der Waals surface area contributed by atoms with E-state index in [2.05, 4.69) is 5.32 Å². The Balaban J connectivity index is 2.39. The molecule has 20 heavy (non-hydrogen) atoms. The molecule has 2 rings (SSSR count). The molecule has 0 amide bonds. The van der Waals surface area contributed by atoms with Gasteiger partial charge in [0.2, 0.25) is 0 Å². The van der Waals surface area contributed by atoms with Gasteiger partial charge in [-0.3, -0.25) is 4.79 Å². The van der Waals surface area contributed by atoms with Crippen molar-refractivity contribution in [2.45, 2.75) is 50.9 Å². The molecule has 0 radical (unpaired) electrons. The summed E-state index contributed by atoms with van der Waals surface area (Å²) in [5, 5.41) is 3.84. The molecule has 2 atom stereocenters. The van der Waals surface area contributed by atoms with Crippen molar-refractivity contribution in [3.8, 4) is 0 Å². The monoisotopic (exact) mass is 295 g/mol. The van der Waals surface area contributed by atoms with E-state index >= 15 is 0 Å². The minimum atomic E-state index is -0.726. The number of halogens is 1. The van der Waals surface area contributed by atoms with Gasteiger partial charge in [-0.1, -0.05) is 29.8 Å². The second-order valence-electron chi connectivity index (χ2n) is 5.57. The van der Waals surface area contributed by atoms with Gasteiger partial charge in [0.25, 0.3) is 0 Å². The van der Waals surface area contributed by atoms with E-state index in [-0.39, 0.29) is 18.0 Å². The smallest absolute Gasteiger partial charge is 0.186 e. The molecule has 3 nitrogen and oxygen atoms in total. The molecule has 4 heteroatoms. The minimum Gasteiger partial charge on any atom is -0.368 e. The van der Waals surface area contributed by atoms with E-state index in [1.54, 1.807) is 0 Å². The lowest BCUT2D eigenvalue weighted by molar-refractivity contribution is -0.145. The van der Waals surface area contributed by atoms with Gasteiger partial charge in [0.15, 0.2) is 5.78 Å². The Morgan fingerprint density at radius 1 is 1.40 bits per heavy atom. The van der Waals surface area contributed by atoms with Crippen LogP contribution in [0.5, 0.6) is 0 Å². The van der Waals surface area contributed by atoms with Crippen LogP contribution >= 0.6 is 11.6 Å². The average molecular weight is 296 g/mol. The van der Waals surface area contributed by atoms with Crippen LogP contribution in [0.25, 0.3) is 0 Å². The summed E-state index contributed by atoms with van der Waals surface area (Å²) >= 11 is 6.31. The Morgan fingerprint density at radius 3 is 2.70 bits per heavy atom. The van der Waals surface area contributed by atoms with Crippen LogP contribution < -0.4 is 5.32 Å². The number of hydrogen-bond donors (Lipinski definition) is 1. The summed E-state index contributed by atoms with van der Waals surface area (Å²) in [5.41, 5.74) is 0.127. The van der Waals surface area contributed by atoms with Crippen LogP contribution in [0.3, 0.4) is 0 Å². The maximum absolute atomic E-state index is 12.9. The highest BCUT2D eigenvalue weighted by Crippen LogP contribution is 2.38. The molecule has 1 aliphatic rings. The molecule has 0 unspecified atom stereocenters. The lowest BCUT2D eigenvalue weighted by Crippen LogP contribution is -2.55. The second-order valence-corrected chi connectivity index (χ2v) is 5.97. The molecule has 1 aliphatic carbocycles. The first kappa shape index (κ1) is 15.5. The number of nitrogens with one attached hydrogen (secondary N) is 1. The predicted octanol–water partition coefficient (Wildman–Crippen LogP) is 3.30. The largest absolute Gasteiger partial charge is 0.368 e. The molecule has 1 saturated carbocycles. The van der Waals surface area contributed by atoms with E-state index in [1.807, 2.05) is 45.2 Å². The fourth-order valence-electron chi connectivity index (χ4n) is 3.00. The van der Waals surface area contributed by atoms with Gasteiger partial charge in [-0.05, 0) is 51.8 Å². The van der Waals surface area contributed by atoms with E-state index in [1.165, 1.54) is 0 Å². The summed E-state index contributed by atoms with van der Waals surface area (Å²) in [4.78, 5) is 12.9. The normalized spacial score (nSPS) is 27.1. The van der Waals surface area contributed by atoms with E-state index in [4.69, 9.17) is 16.3 Å². The summed E-state index contributed by atoms with van der Waals surface area (Å²) in [6, 6.07) is 7.55. The van der Waals surface area contributed by atoms with Crippen LogP contribution in [0.2, 0.25) is 5.02 Å². The number of carbonyl (C=O) groups excluding carboxylic acids is 1. The molecular weight excluding hydrogens is 274 g/mol. The number of Topliss-reactive ketones (excluding diaryl/α,β-unsaturated/α-hetero) is 1. The number of ketones is 1. The predicted molar refractivity (Wildman–Crippen MR) is 81.1 cm³/mol. The van der Waals surface area contributed by atoms with Gasteiger partial charge in [0, 0.05) is 5.02 Å². The summed E-state index contributed by atoms with van der Waals surface area (Å²) in [5.74, 6) is 0.0908. The zero-order valence-electron chi connectivity index (χ0n) is 12.3. The third-order valence-electron chi connectivity index (χ3n) is 3.93. The molecule has 0 spiro atoms. The zero-order chi connectivity index (χ0) is 14.8. The zero-order valence-corrected chi connectivity index (χ0v) is 13.0. The average Bonchev–Trinajstić information content (AvgIpc) is 2.42. The van der Waals surface area contributed by atoms with Crippen LogP contribution in [0.1, 0.15) is 38.7 Å². The highest BCUT2D eigenvalue weighted by Gasteiger charge is 2.46. The quantitative estimate of drug-likeness (QED) is 0.926. The molecule has 1 N–H and O–H groups in total. The van der Waals surface area contributed by atoms with Crippen LogP contribution in [-0.4, -0.2) is 25.0 Å². The summed E-state index contributed by atoms with van der Waals surface area (Å²) in [6.45, 7) is 3.91. The second kappa shape index (κ2) is 6.25. The van der Waals surface area contributed by atoms with Gasteiger partial charge < -0.3 is 10.1 Å². The molecule has 0 bridgehead atoms. The number of rotatable bonds is 4. The number of benzene rings is 1. The fourth-order valence-corrected chi connectivity index (χ4v) is 3.29. The van der Waals surface area contributed by atoms with Crippen molar-refractivity contribution in [3.63, 3.8) is 0 Å². The molecule has 1 aromatic carbocycles. The first-order valence-electron chi connectivity index (χ1n) is 7.15. The molecule has 110 valence electrons. The highest BCUT2D eigenvalue weighted by molar-refractivity contribution is 6.31. The summed E-state index contributed by atoms with van der Waals surface area (Å²) < 4.78 is 5.79. The Hall–Kier alpha value is -0.900. The van der Waals surface area contributed by atoms with Crippen molar-refractivity contribution in [2.75, 3.05) is 7.05 Å². The Bertz CT molecular complexity index is 489. The van der Waals surface area contributed by atoms with Crippen LogP contribution in [0.4, 0.5) is 0 Å². The van der Waals surface area contributed by atoms with Gasteiger partial charge in [-0.25, -0.2) is 0 Å². The third-order valence-corrected chi connectivity index (χ3v) is 4.26. The Labute approximate surface area is 125 Å². The van der Waals surface area contributed by atoms with Crippen LogP contribution in [0.15, 0.2) is 24.3 Å².